The van der Waals surface area contributed by atoms with Crippen LogP contribution in [0, 0.1) is 5.92 Å². The lowest BCUT2D eigenvalue weighted by atomic mass is 9.94. The smallest absolute Gasteiger partial charge is 0.138 e. The average Bonchev–Trinajstić information content (AvgIpc) is 2.43. The van der Waals surface area contributed by atoms with Crippen molar-refractivity contribution >= 4 is 5.78 Å². The molecule has 1 saturated heterocycles. The molecular weight excluding hydrogens is 234 g/mol. The lowest BCUT2D eigenvalue weighted by Crippen LogP contribution is -2.40. The Morgan fingerprint density at radius 1 is 1.00 bits per heavy atom. The SMILES string of the molecule is CCCCCCCCCCN1CCC(=O)C(CC)C1. The molecule has 1 rings (SSSR count). The predicted octanol–water partition coefficient (Wildman–Crippen LogP) is 4.43. The molecule has 112 valence electrons. The highest BCUT2D eigenvalue weighted by molar-refractivity contribution is 5.82. The minimum absolute atomic E-state index is 0.322. The molecule has 0 spiro atoms. The highest BCUT2D eigenvalue weighted by Crippen LogP contribution is 2.17. The van der Waals surface area contributed by atoms with E-state index in [0.29, 0.717) is 11.7 Å². The van der Waals surface area contributed by atoms with E-state index >= 15 is 0 Å². The van der Waals surface area contributed by atoms with Gasteiger partial charge in [0.25, 0.3) is 0 Å². The van der Waals surface area contributed by atoms with Crippen LogP contribution in [0.15, 0.2) is 0 Å². The van der Waals surface area contributed by atoms with Crippen LogP contribution in [-0.4, -0.2) is 30.3 Å². The Kier molecular flexibility index (Phi) is 9.15. The molecule has 1 aliphatic heterocycles. The number of hydrogen-bond acceptors (Lipinski definition) is 2. The van der Waals surface area contributed by atoms with Gasteiger partial charge in [-0.3, -0.25) is 4.79 Å². The summed E-state index contributed by atoms with van der Waals surface area (Å²) in [4.78, 5) is 14.2. The number of carbonyl (C=O) groups excluding carboxylic acids is 1. The van der Waals surface area contributed by atoms with Crippen LogP contribution >= 0.6 is 0 Å². The topological polar surface area (TPSA) is 20.3 Å². The maximum atomic E-state index is 11.6. The molecule has 0 aromatic rings. The first-order chi connectivity index (χ1) is 9.27. The summed E-state index contributed by atoms with van der Waals surface area (Å²) in [5, 5.41) is 0. The zero-order chi connectivity index (χ0) is 13.9. The second-order valence-electron chi connectivity index (χ2n) is 6.10. The number of carbonyl (C=O) groups is 1. The van der Waals surface area contributed by atoms with Gasteiger partial charge in [0.15, 0.2) is 0 Å². The monoisotopic (exact) mass is 267 g/mol. The summed E-state index contributed by atoms with van der Waals surface area (Å²) in [6.45, 7) is 7.64. The second-order valence-corrected chi connectivity index (χ2v) is 6.10. The lowest BCUT2D eigenvalue weighted by molar-refractivity contribution is -0.126. The normalized spacial score (nSPS) is 20.9. The molecule has 0 bridgehead atoms. The van der Waals surface area contributed by atoms with Gasteiger partial charge in [0.1, 0.15) is 5.78 Å². The molecule has 0 aliphatic carbocycles. The first-order valence-corrected chi connectivity index (χ1v) is 8.53. The van der Waals surface area contributed by atoms with Crippen LogP contribution in [0.2, 0.25) is 0 Å². The van der Waals surface area contributed by atoms with Crippen molar-refractivity contribution in [3.63, 3.8) is 0 Å². The summed E-state index contributed by atoms with van der Waals surface area (Å²) in [6.07, 6.45) is 12.9. The molecule has 1 atom stereocenters. The fourth-order valence-electron chi connectivity index (χ4n) is 3.01. The van der Waals surface area contributed by atoms with E-state index in [9.17, 15) is 4.79 Å². The molecule has 2 nitrogen and oxygen atoms in total. The third kappa shape index (κ3) is 7.10. The quantitative estimate of drug-likeness (QED) is 0.546. The first-order valence-electron chi connectivity index (χ1n) is 8.53. The summed E-state index contributed by atoms with van der Waals surface area (Å²) in [7, 11) is 0. The van der Waals surface area contributed by atoms with E-state index in [4.69, 9.17) is 0 Å². The third-order valence-electron chi connectivity index (χ3n) is 4.43. The summed E-state index contributed by atoms with van der Waals surface area (Å²) >= 11 is 0. The van der Waals surface area contributed by atoms with Crippen molar-refractivity contribution in [3.8, 4) is 0 Å². The average molecular weight is 267 g/mol. The van der Waals surface area contributed by atoms with Crippen LogP contribution in [-0.2, 0) is 4.79 Å². The molecule has 0 aromatic carbocycles. The van der Waals surface area contributed by atoms with E-state index < -0.39 is 0 Å². The van der Waals surface area contributed by atoms with E-state index in [0.717, 1.165) is 25.9 Å². The highest BCUT2D eigenvalue weighted by atomic mass is 16.1. The summed E-state index contributed by atoms with van der Waals surface area (Å²) in [6, 6.07) is 0. The molecule has 1 fully saturated rings. The summed E-state index contributed by atoms with van der Waals surface area (Å²) < 4.78 is 0. The molecule has 19 heavy (non-hydrogen) atoms. The summed E-state index contributed by atoms with van der Waals surface area (Å²) in [5.74, 6) is 0.817. The van der Waals surface area contributed by atoms with Gasteiger partial charge in [0, 0.05) is 25.4 Å². The van der Waals surface area contributed by atoms with Gasteiger partial charge < -0.3 is 4.90 Å². The van der Waals surface area contributed by atoms with Gasteiger partial charge in [-0.05, 0) is 19.4 Å². The third-order valence-corrected chi connectivity index (χ3v) is 4.43. The number of rotatable bonds is 10. The molecule has 0 aromatic heterocycles. The molecule has 2 heteroatoms. The lowest BCUT2D eigenvalue weighted by Gasteiger charge is -2.31. The summed E-state index contributed by atoms with van der Waals surface area (Å²) in [5.41, 5.74) is 0. The fraction of sp³-hybridized carbons (Fsp3) is 0.941. The zero-order valence-corrected chi connectivity index (χ0v) is 13.1. The molecule has 0 saturated carbocycles. The fourth-order valence-corrected chi connectivity index (χ4v) is 3.01. The van der Waals surface area contributed by atoms with Crippen LogP contribution in [0.3, 0.4) is 0 Å². The molecule has 0 N–H and O–H groups in total. The highest BCUT2D eigenvalue weighted by Gasteiger charge is 2.24. The number of hydrogen-bond donors (Lipinski definition) is 0. The van der Waals surface area contributed by atoms with Crippen LogP contribution in [0.1, 0.15) is 78.1 Å². The number of piperidine rings is 1. The molecule has 1 aliphatic rings. The predicted molar refractivity (Wildman–Crippen MR) is 82.5 cm³/mol. The Labute approximate surface area is 119 Å². The van der Waals surface area contributed by atoms with Gasteiger partial charge in [-0.2, -0.15) is 0 Å². The number of unbranched alkanes of at least 4 members (excludes halogenated alkanes) is 7. The molecule has 1 unspecified atom stereocenters. The Balaban J connectivity index is 1.96. The van der Waals surface area contributed by atoms with Crippen LogP contribution in [0.25, 0.3) is 0 Å². The Morgan fingerprint density at radius 3 is 2.26 bits per heavy atom. The van der Waals surface area contributed by atoms with Gasteiger partial charge >= 0.3 is 0 Å². The Bertz CT molecular complexity index is 239. The van der Waals surface area contributed by atoms with Crippen LogP contribution < -0.4 is 0 Å². The number of ketones is 1. The van der Waals surface area contributed by atoms with Crippen LogP contribution in [0.4, 0.5) is 0 Å². The minimum atomic E-state index is 0.322. The maximum Gasteiger partial charge on any atom is 0.138 e. The second kappa shape index (κ2) is 10.4. The van der Waals surface area contributed by atoms with Crippen molar-refractivity contribution in [2.75, 3.05) is 19.6 Å². The van der Waals surface area contributed by atoms with Gasteiger partial charge in [-0.1, -0.05) is 58.8 Å². The van der Waals surface area contributed by atoms with E-state index in [1.165, 1.54) is 57.9 Å². The molecular formula is C17H33NO. The van der Waals surface area contributed by atoms with Gasteiger partial charge in [-0.15, -0.1) is 0 Å². The van der Waals surface area contributed by atoms with Crippen molar-refractivity contribution in [2.24, 2.45) is 5.92 Å². The number of nitrogens with zero attached hydrogens (tertiary/aromatic N) is 1. The molecule has 0 radical (unpaired) electrons. The molecule has 1 heterocycles. The van der Waals surface area contributed by atoms with Crippen molar-refractivity contribution < 1.29 is 4.79 Å². The minimum Gasteiger partial charge on any atom is -0.302 e. The van der Waals surface area contributed by atoms with Gasteiger partial charge in [0.05, 0.1) is 0 Å². The van der Waals surface area contributed by atoms with Crippen molar-refractivity contribution in [1.29, 1.82) is 0 Å². The first kappa shape index (κ1) is 16.7. The zero-order valence-electron chi connectivity index (χ0n) is 13.1. The van der Waals surface area contributed by atoms with Gasteiger partial charge in [0.2, 0.25) is 0 Å². The largest absolute Gasteiger partial charge is 0.302 e. The number of Topliss-reactive ketones (excluding diaryl/α,β-unsaturated/α-hetero) is 1. The van der Waals surface area contributed by atoms with Crippen molar-refractivity contribution in [1.82, 2.24) is 4.90 Å². The molecule has 0 amide bonds. The Hall–Kier alpha value is -0.370. The standard InChI is InChI=1S/C17H33NO/c1-3-5-6-7-8-9-10-11-13-18-14-12-17(19)16(4-2)15-18/h16H,3-15H2,1-2H3. The maximum absolute atomic E-state index is 11.6. The van der Waals surface area contributed by atoms with Gasteiger partial charge in [-0.25, -0.2) is 0 Å². The Morgan fingerprint density at radius 2 is 1.63 bits per heavy atom. The van der Waals surface area contributed by atoms with Crippen molar-refractivity contribution in [2.45, 2.75) is 78.1 Å². The van der Waals surface area contributed by atoms with E-state index in [1.54, 1.807) is 0 Å². The number of likely N-dealkylation sites (tertiary alicyclic amines) is 1. The van der Waals surface area contributed by atoms with E-state index in [2.05, 4.69) is 18.7 Å². The van der Waals surface area contributed by atoms with Crippen molar-refractivity contribution in [3.05, 3.63) is 0 Å². The van der Waals surface area contributed by atoms with Crippen LogP contribution in [0.5, 0.6) is 0 Å². The van der Waals surface area contributed by atoms with E-state index in [-0.39, 0.29) is 0 Å². The van der Waals surface area contributed by atoms with E-state index in [1.807, 2.05) is 0 Å².